The van der Waals surface area contributed by atoms with Crippen molar-refractivity contribution in [3.8, 4) is 0 Å². The third-order valence-corrected chi connectivity index (χ3v) is 2.45. The van der Waals surface area contributed by atoms with E-state index in [1.807, 2.05) is 0 Å². The van der Waals surface area contributed by atoms with E-state index in [2.05, 4.69) is 0 Å². The molecule has 1 amide bonds. The number of halogens is 3. The van der Waals surface area contributed by atoms with Crippen molar-refractivity contribution in [2.45, 2.75) is 13.1 Å². The van der Waals surface area contributed by atoms with Gasteiger partial charge in [0.25, 0.3) is 5.91 Å². The average molecular weight is 209 g/mol. The smallest absolute Gasteiger partial charge is 0.365 e. The second-order valence-electron chi connectivity index (χ2n) is 2.46. The van der Waals surface area contributed by atoms with Gasteiger partial charge in [-0.3, -0.25) is 4.79 Å². The molecule has 0 unspecified atom stereocenters. The lowest BCUT2D eigenvalue weighted by molar-refractivity contribution is -0.137. The van der Waals surface area contributed by atoms with E-state index in [0.717, 1.165) is 17.4 Å². The fraction of sp³-hybridized carbons (Fsp3) is 0.286. The Balaban J connectivity index is 3.28. The lowest BCUT2D eigenvalue weighted by atomic mass is 10.2. The molecule has 0 atom stereocenters. The van der Waals surface area contributed by atoms with Gasteiger partial charge >= 0.3 is 6.18 Å². The SMILES string of the molecule is Cc1cc(C(F)(F)F)c(C(N)=O)s1. The molecule has 0 aliphatic carbocycles. The molecule has 0 aromatic carbocycles. The van der Waals surface area contributed by atoms with Crippen LogP contribution in [0.25, 0.3) is 0 Å². The van der Waals surface area contributed by atoms with Gasteiger partial charge in [0.15, 0.2) is 0 Å². The summed E-state index contributed by atoms with van der Waals surface area (Å²) in [7, 11) is 0. The van der Waals surface area contributed by atoms with Gasteiger partial charge in [-0.2, -0.15) is 13.2 Å². The average Bonchev–Trinajstić information content (AvgIpc) is 2.29. The number of thiophene rings is 1. The van der Waals surface area contributed by atoms with E-state index >= 15 is 0 Å². The first-order chi connectivity index (χ1) is 5.82. The maximum atomic E-state index is 12.2. The highest BCUT2D eigenvalue weighted by atomic mass is 32.1. The Morgan fingerprint density at radius 1 is 1.54 bits per heavy atom. The molecule has 0 radical (unpaired) electrons. The van der Waals surface area contributed by atoms with Crippen LogP contribution >= 0.6 is 11.3 Å². The number of alkyl halides is 3. The number of carbonyl (C=O) groups is 1. The third kappa shape index (κ3) is 2.00. The number of rotatable bonds is 1. The highest BCUT2D eigenvalue weighted by Gasteiger charge is 2.36. The molecule has 0 saturated carbocycles. The minimum absolute atomic E-state index is 0.418. The molecule has 1 aromatic heterocycles. The zero-order valence-electron chi connectivity index (χ0n) is 6.61. The Kier molecular flexibility index (Phi) is 2.34. The van der Waals surface area contributed by atoms with Crippen LogP contribution in [0.4, 0.5) is 13.2 Å². The molecule has 0 spiro atoms. The van der Waals surface area contributed by atoms with Gasteiger partial charge in [0, 0.05) is 4.88 Å². The second-order valence-corrected chi connectivity index (χ2v) is 3.72. The van der Waals surface area contributed by atoms with Crippen LogP contribution in [0.3, 0.4) is 0 Å². The Morgan fingerprint density at radius 3 is 2.38 bits per heavy atom. The van der Waals surface area contributed by atoms with Gasteiger partial charge in [0.05, 0.1) is 5.56 Å². The number of primary amides is 1. The van der Waals surface area contributed by atoms with E-state index in [4.69, 9.17) is 5.73 Å². The first-order valence-corrected chi connectivity index (χ1v) is 4.11. The Hall–Kier alpha value is -1.04. The minimum atomic E-state index is -4.50. The summed E-state index contributed by atoms with van der Waals surface area (Å²) < 4.78 is 36.7. The van der Waals surface area contributed by atoms with Crippen molar-refractivity contribution in [3.05, 3.63) is 21.4 Å². The maximum absolute atomic E-state index is 12.2. The number of amides is 1. The lowest BCUT2D eigenvalue weighted by Gasteiger charge is -2.04. The monoisotopic (exact) mass is 209 g/mol. The number of aryl methyl sites for hydroxylation is 1. The summed E-state index contributed by atoms with van der Waals surface area (Å²) in [6.07, 6.45) is -4.50. The van der Waals surface area contributed by atoms with E-state index in [-0.39, 0.29) is 0 Å². The highest BCUT2D eigenvalue weighted by molar-refractivity contribution is 7.14. The van der Waals surface area contributed by atoms with Crippen molar-refractivity contribution in [2.75, 3.05) is 0 Å². The Morgan fingerprint density at radius 2 is 2.08 bits per heavy atom. The van der Waals surface area contributed by atoms with Crippen LogP contribution in [0, 0.1) is 6.92 Å². The number of carbonyl (C=O) groups excluding carboxylic acids is 1. The fourth-order valence-corrected chi connectivity index (χ4v) is 1.79. The molecule has 2 nitrogen and oxygen atoms in total. The summed E-state index contributed by atoms with van der Waals surface area (Å²) >= 11 is 0.755. The first-order valence-electron chi connectivity index (χ1n) is 3.30. The zero-order valence-corrected chi connectivity index (χ0v) is 7.42. The van der Waals surface area contributed by atoms with Gasteiger partial charge in [-0.25, -0.2) is 0 Å². The molecule has 0 aliphatic heterocycles. The largest absolute Gasteiger partial charge is 0.418 e. The van der Waals surface area contributed by atoms with Gasteiger partial charge in [0.2, 0.25) is 0 Å². The minimum Gasteiger partial charge on any atom is -0.365 e. The van der Waals surface area contributed by atoms with Crippen LogP contribution in [0.15, 0.2) is 6.07 Å². The Bertz CT molecular complexity index is 342. The molecule has 1 heterocycles. The van der Waals surface area contributed by atoms with Crippen LogP contribution in [0.2, 0.25) is 0 Å². The summed E-state index contributed by atoms with van der Waals surface area (Å²) in [6.45, 7) is 1.49. The summed E-state index contributed by atoms with van der Waals surface area (Å²) in [6, 6.07) is 0.921. The van der Waals surface area contributed by atoms with E-state index in [0.29, 0.717) is 4.88 Å². The molecular formula is C7H6F3NOS. The highest BCUT2D eigenvalue weighted by Crippen LogP contribution is 2.36. The Labute approximate surface area is 76.2 Å². The molecule has 0 aliphatic rings. The van der Waals surface area contributed by atoms with Gasteiger partial charge in [-0.05, 0) is 13.0 Å². The van der Waals surface area contributed by atoms with Crippen LogP contribution < -0.4 is 5.73 Å². The normalized spacial score (nSPS) is 11.7. The van der Waals surface area contributed by atoms with Crippen LogP contribution in [-0.4, -0.2) is 5.91 Å². The molecule has 0 bridgehead atoms. The molecule has 0 fully saturated rings. The maximum Gasteiger partial charge on any atom is 0.418 e. The lowest BCUT2D eigenvalue weighted by Crippen LogP contribution is -2.15. The van der Waals surface area contributed by atoms with E-state index in [1.54, 1.807) is 0 Å². The van der Waals surface area contributed by atoms with Crippen LogP contribution in [0.5, 0.6) is 0 Å². The van der Waals surface area contributed by atoms with Crippen LogP contribution in [-0.2, 0) is 6.18 Å². The topological polar surface area (TPSA) is 43.1 Å². The summed E-state index contributed by atoms with van der Waals surface area (Å²) in [4.78, 5) is 10.6. The quantitative estimate of drug-likeness (QED) is 0.756. The first kappa shape index (κ1) is 10.0. The molecule has 1 aromatic rings. The molecule has 13 heavy (non-hydrogen) atoms. The molecule has 0 saturated heterocycles. The fourth-order valence-electron chi connectivity index (χ4n) is 0.908. The predicted octanol–water partition coefficient (Wildman–Crippen LogP) is 2.17. The van der Waals surface area contributed by atoms with E-state index < -0.39 is 22.5 Å². The number of hydrogen-bond donors (Lipinski definition) is 1. The second kappa shape index (κ2) is 3.02. The van der Waals surface area contributed by atoms with E-state index in [9.17, 15) is 18.0 Å². The molecular weight excluding hydrogens is 203 g/mol. The van der Waals surface area contributed by atoms with Crippen LogP contribution in [0.1, 0.15) is 20.1 Å². The number of nitrogens with two attached hydrogens (primary N) is 1. The predicted molar refractivity (Wildman–Crippen MR) is 42.6 cm³/mol. The third-order valence-electron chi connectivity index (χ3n) is 1.38. The summed E-state index contributed by atoms with van der Waals surface area (Å²) in [5.74, 6) is -1.04. The van der Waals surface area contributed by atoms with Crippen molar-refractivity contribution in [1.82, 2.24) is 0 Å². The standard InChI is InChI=1S/C7H6F3NOS/c1-3-2-4(7(8,9)10)5(13-3)6(11)12/h2H,1H3,(H2,11,12). The van der Waals surface area contributed by atoms with Gasteiger partial charge in [-0.1, -0.05) is 0 Å². The summed E-state index contributed by atoms with van der Waals surface area (Å²) in [5, 5.41) is 0. The van der Waals surface area contributed by atoms with Crippen molar-refractivity contribution in [2.24, 2.45) is 5.73 Å². The van der Waals surface area contributed by atoms with Gasteiger partial charge in [0.1, 0.15) is 4.88 Å². The van der Waals surface area contributed by atoms with Gasteiger partial charge < -0.3 is 5.73 Å². The molecule has 2 N–H and O–H groups in total. The zero-order chi connectivity index (χ0) is 10.2. The number of hydrogen-bond acceptors (Lipinski definition) is 2. The van der Waals surface area contributed by atoms with Gasteiger partial charge in [-0.15, -0.1) is 11.3 Å². The molecule has 1 rings (SSSR count). The van der Waals surface area contributed by atoms with Crippen molar-refractivity contribution in [3.63, 3.8) is 0 Å². The van der Waals surface area contributed by atoms with Crippen molar-refractivity contribution < 1.29 is 18.0 Å². The van der Waals surface area contributed by atoms with Crippen molar-refractivity contribution in [1.29, 1.82) is 0 Å². The summed E-state index contributed by atoms with van der Waals surface area (Å²) in [5.41, 5.74) is 3.85. The van der Waals surface area contributed by atoms with Crippen molar-refractivity contribution >= 4 is 17.2 Å². The molecule has 6 heteroatoms. The van der Waals surface area contributed by atoms with E-state index in [1.165, 1.54) is 6.92 Å². The molecule has 72 valence electrons.